The van der Waals surface area contributed by atoms with Crippen molar-refractivity contribution in [1.29, 1.82) is 0 Å². The molecule has 0 atom stereocenters. The molecule has 5 nitrogen and oxygen atoms in total. The normalized spacial score (nSPS) is 11.7. The maximum Gasteiger partial charge on any atom is 0.331 e. The van der Waals surface area contributed by atoms with Gasteiger partial charge < -0.3 is 4.74 Å². The lowest BCUT2D eigenvalue weighted by molar-refractivity contribution is -0.143. The number of imide groups is 1. The maximum absolute atomic E-state index is 12.0. The molecular formula is C19H23NO4. The molecule has 5 heteroatoms. The van der Waals surface area contributed by atoms with Crippen molar-refractivity contribution in [2.24, 2.45) is 0 Å². The Morgan fingerprint density at radius 3 is 2.25 bits per heavy atom. The van der Waals surface area contributed by atoms with Gasteiger partial charge in [0.05, 0.1) is 0 Å². The highest BCUT2D eigenvalue weighted by molar-refractivity contribution is 6.05. The average molecular weight is 329 g/mol. The molecule has 2 amide bonds. The molecule has 0 fully saturated rings. The Bertz CT molecular complexity index is 649. The van der Waals surface area contributed by atoms with Gasteiger partial charge in [0.1, 0.15) is 0 Å². The van der Waals surface area contributed by atoms with Crippen LogP contribution in [0.5, 0.6) is 0 Å². The second-order valence-electron chi connectivity index (χ2n) is 6.20. The van der Waals surface area contributed by atoms with E-state index in [-0.39, 0.29) is 5.41 Å². The number of amides is 2. The van der Waals surface area contributed by atoms with Crippen molar-refractivity contribution in [3.8, 4) is 0 Å². The van der Waals surface area contributed by atoms with Gasteiger partial charge >= 0.3 is 5.97 Å². The van der Waals surface area contributed by atoms with Crippen LogP contribution in [-0.2, 0) is 19.7 Å². The van der Waals surface area contributed by atoms with E-state index < -0.39 is 24.4 Å². The van der Waals surface area contributed by atoms with Crippen LogP contribution >= 0.6 is 0 Å². The first-order chi connectivity index (χ1) is 11.2. The Labute approximate surface area is 142 Å². The summed E-state index contributed by atoms with van der Waals surface area (Å²) in [5, 5.41) is 2.18. The number of carbonyl (C=O) groups is 3. The zero-order chi connectivity index (χ0) is 18.2. The van der Waals surface area contributed by atoms with Crippen molar-refractivity contribution < 1.29 is 19.1 Å². The van der Waals surface area contributed by atoms with Crippen molar-refractivity contribution >= 4 is 17.8 Å². The van der Waals surface area contributed by atoms with Crippen LogP contribution in [0.3, 0.4) is 0 Å². The molecule has 0 bridgehead atoms. The van der Waals surface area contributed by atoms with Crippen molar-refractivity contribution in [3.63, 3.8) is 0 Å². The molecule has 0 aromatic heterocycles. The number of hydrogen-bond donors (Lipinski definition) is 1. The van der Waals surface area contributed by atoms with E-state index in [1.807, 2.05) is 19.1 Å². The summed E-state index contributed by atoms with van der Waals surface area (Å²) < 4.78 is 4.73. The number of hydrogen-bond acceptors (Lipinski definition) is 4. The SMILES string of the molecule is C/C=C/C=C/C(=O)OCC(=O)NC(=O)c1ccc(C(C)(C)C)cc1. The van der Waals surface area contributed by atoms with Crippen LogP contribution in [0.1, 0.15) is 43.6 Å². The number of allylic oxidation sites excluding steroid dienone is 3. The summed E-state index contributed by atoms with van der Waals surface area (Å²) in [6, 6.07) is 7.03. The van der Waals surface area contributed by atoms with Gasteiger partial charge in [-0.25, -0.2) is 4.79 Å². The molecule has 0 saturated heterocycles. The van der Waals surface area contributed by atoms with Crippen LogP contribution in [0, 0.1) is 0 Å². The number of ether oxygens (including phenoxy) is 1. The minimum absolute atomic E-state index is 0.0144. The number of nitrogens with one attached hydrogen (secondary N) is 1. The molecule has 1 aromatic rings. The smallest absolute Gasteiger partial charge is 0.331 e. The van der Waals surface area contributed by atoms with Crippen molar-refractivity contribution in [2.75, 3.05) is 6.61 Å². The van der Waals surface area contributed by atoms with Crippen LogP contribution < -0.4 is 5.32 Å². The molecule has 0 spiro atoms. The summed E-state index contributed by atoms with van der Waals surface area (Å²) in [4.78, 5) is 34.9. The van der Waals surface area contributed by atoms with E-state index in [1.165, 1.54) is 12.2 Å². The predicted octanol–water partition coefficient (Wildman–Crippen LogP) is 2.92. The van der Waals surface area contributed by atoms with Gasteiger partial charge in [-0.05, 0) is 30.0 Å². The Hall–Kier alpha value is -2.69. The Balaban J connectivity index is 2.52. The van der Waals surface area contributed by atoms with Crippen LogP contribution in [0.25, 0.3) is 0 Å². The van der Waals surface area contributed by atoms with Crippen LogP contribution in [0.4, 0.5) is 0 Å². The average Bonchev–Trinajstić information content (AvgIpc) is 2.52. The van der Waals surface area contributed by atoms with E-state index in [9.17, 15) is 14.4 Å². The molecule has 1 rings (SSSR count). The zero-order valence-corrected chi connectivity index (χ0v) is 14.5. The van der Waals surface area contributed by atoms with Crippen molar-refractivity contribution in [1.82, 2.24) is 5.32 Å². The summed E-state index contributed by atoms with van der Waals surface area (Å²) in [5.41, 5.74) is 1.45. The van der Waals surface area contributed by atoms with Crippen LogP contribution in [-0.4, -0.2) is 24.4 Å². The Kier molecular flexibility index (Phi) is 7.11. The molecule has 0 unspecified atom stereocenters. The monoisotopic (exact) mass is 329 g/mol. The summed E-state index contributed by atoms with van der Waals surface area (Å²) >= 11 is 0. The summed E-state index contributed by atoms with van der Waals surface area (Å²) in [7, 11) is 0. The second kappa shape index (κ2) is 8.82. The molecule has 0 aliphatic rings. The Morgan fingerprint density at radius 1 is 1.08 bits per heavy atom. The fraction of sp³-hybridized carbons (Fsp3) is 0.316. The topological polar surface area (TPSA) is 72.5 Å². The number of benzene rings is 1. The molecule has 1 N–H and O–H groups in total. The summed E-state index contributed by atoms with van der Waals surface area (Å²) in [5.74, 6) is -1.85. The lowest BCUT2D eigenvalue weighted by atomic mass is 9.87. The molecule has 128 valence electrons. The number of carbonyl (C=O) groups excluding carboxylic acids is 3. The third-order valence-electron chi connectivity index (χ3n) is 3.15. The highest BCUT2D eigenvalue weighted by atomic mass is 16.5. The molecular weight excluding hydrogens is 306 g/mol. The molecule has 0 heterocycles. The molecule has 0 aliphatic carbocycles. The lowest BCUT2D eigenvalue weighted by Gasteiger charge is -2.18. The second-order valence-corrected chi connectivity index (χ2v) is 6.20. The molecule has 0 saturated carbocycles. The fourth-order valence-electron chi connectivity index (χ4n) is 1.79. The predicted molar refractivity (Wildman–Crippen MR) is 92.5 cm³/mol. The van der Waals surface area contributed by atoms with Crippen LogP contribution in [0.2, 0.25) is 0 Å². The van der Waals surface area contributed by atoms with E-state index in [2.05, 4.69) is 26.1 Å². The first-order valence-electron chi connectivity index (χ1n) is 7.65. The standard InChI is InChI=1S/C19H23NO4/c1-5-6-7-8-17(22)24-13-16(21)20-18(23)14-9-11-15(12-10-14)19(2,3)4/h5-12H,13H2,1-4H3,(H,20,21,23)/b6-5+,8-7+. The van der Waals surface area contributed by atoms with E-state index in [0.29, 0.717) is 5.56 Å². The summed E-state index contributed by atoms with van der Waals surface area (Å²) in [6.07, 6.45) is 6.11. The van der Waals surface area contributed by atoms with Gasteiger partial charge in [0, 0.05) is 11.6 Å². The largest absolute Gasteiger partial charge is 0.452 e. The third kappa shape index (κ3) is 6.60. The highest BCUT2D eigenvalue weighted by Crippen LogP contribution is 2.22. The van der Waals surface area contributed by atoms with E-state index in [4.69, 9.17) is 4.74 Å². The van der Waals surface area contributed by atoms with E-state index in [1.54, 1.807) is 24.3 Å². The highest BCUT2D eigenvalue weighted by Gasteiger charge is 2.15. The quantitative estimate of drug-likeness (QED) is 0.512. The van der Waals surface area contributed by atoms with Gasteiger partial charge in [-0.3, -0.25) is 14.9 Å². The van der Waals surface area contributed by atoms with Crippen molar-refractivity contribution in [2.45, 2.75) is 33.1 Å². The maximum atomic E-state index is 12.0. The first kappa shape index (κ1) is 19.4. The Morgan fingerprint density at radius 2 is 1.71 bits per heavy atom. The van der Waals surface area contributed by atoms with Gasteiger partial charge in [0.2, 0.25) is 0 Å². The van der Waals surface area contributed by atoms with Crippen molar-refractivity contribution in [3.05, 3.63) is 59.7 Å². The fourth-order valence-corrected chi connectivity index (χ4v) is 1.79. The molecule has 1 aromatic carbocycles. The molecule has 0 aliphatic heterocycles. The lowest BCUT2D eigenvalue weighted by Crippen LogP contribution is -2.34. The summed E-state index contributed by atoms with van der Waals surface area (Å²) in [6.45, 7) is 7.52. The zero-order valence-electron chi connectivity index (χ0n) is 14.5. The number of esters is 1. The first-order valence-corrected chi connectivity index (χ1v) is 7.65. The van der Waals surface area contributed by atoms with Crippen LogP contribution in [0.15, 0.2) is 48.6 Å². The minimum Gasteiger partial charge on any atom is -0.452 e. The molecule has 0 radical (unpaired) electrons. The van der Waals surface area contributed by atoms with Gasteiger partial charge in [-0.2, -0.15) is 0 Å². The van der Waals surface area contributed by atoms with Gasteiger partial charge in [0.15, 0.2) is 6.61 Å². The minimum atomic E-state index is -0.673. The van der Waals surface area contributed by atoms with E-state index in [0.717, 1.165) is 5.56 Å². The van der Waals surface area contributed by atoms with E-state index >= 15 is 0 Å². The molecule has 24 heavy (non-hydrogen) atoms. The number of rotatable bonds is 5. The van der Waals surface area contributed by atoms with Gasteiger partial charge in [0.25, 0.3) is 11.8 Å². The van der Waals surface area contributed by atoms with Gasteiger partial charge in [-0.15, -0.1) is 0 Å². The third-order valence-corrected chi connectivity index (χ3v) is 3.15. The van der Waals surface area contributed by atoms with Gasteiger partial charge in [-0.1, -0.05) is 51.1 Å².